The number of rotatable bonds is 6. The molecule has 2 bridgehead atoms. The lowest BCUT2D eigenvalue weighted by molar-refractivity contribution is -0.197. The number of benzene rings is 2. The van der Waals surface area contributed by atoms with Crippen LogP contribution in [0.15, 0.2) is 42.5 Å². The van der Waals surface area contributed by atoms with Crippen molar-refractivity contribution in [2.45, 2.75) is 81.8 Å². The van der Waals surface area contributed by atoms with E-state index in [9.17, 15) is 27.9 Å². The van der Waals surface area contributed by atoms with E-state index in [1.807, 2.05) is 27.0 Å². The third-order valence-electron chi connectivity index (χ3n) is 9.84. The number of piperidine rings is 1. The van der Waals surface area contributed by atoms with E-state index in [-0.39, 0.29) is 23.9 Å². The lowest BCUT2D eigenvalue weighted by Crippen LogP contribution is -2.78. The summed E-state index contributed by atoms with van der Waals surface area (Å²) >= 11 is 0. The average molecular weight is 599 g/mol. The molecule has 1 amide bonds. The van der Waals surface area contributed by atoms with Crippen LogP contribution >= 0.6 is 0 Å². The van der Waals surface area contributed by atoms with Crippen molar-refractivity contribution in [3.63, 3.8) is 0 Å². The lowest BCUT2D eigenvalue weighted by atomic mass is 9.48. The number of hydrogen-bond acceptors (Lipinski definition) is 6. The third kappa shape index (κ3) is 4.65. The first-order chi connectivity index (χ1) is 20.3. The van der Waals surface area contributed by atoms with Crippen molar-refractivity contribution in [1.82, 2.24) is 9.80 Å². The molecule has 0 aromatic heterocycles. The van der Waals surface area contributed by atoms with Crippen LogP contribution in [0.3, 0.4) is 0 Å². The second-order valence-electron chi connectivity index (χ2n) is 12.8. The second kappa shape index (κ2) is 10.4. The van der Waals surface area contributed by atoms with Gasteiger partial charge in [-0.05, 0) is 80.6 Å². The number of amides is 1. The number of carbonyl (C=O) groups is 2. The van der Waals surface area contributed by atoms with Crippen LogP contribution in [0.2, 0.25) is 0 Å². The number of hydrogen-bond donors (Lipinski definition) is 1. The first-order valence-corrected chi connectivity index (χ1v) is 14.9. The fourth-order valence-corrected chi connectivity index (χ4v) is 8.10. The molecule has 0 radical (unpaired) electrons. The van der Waals surface area contributed by atoms with Crippen LogP contribution in [0, 0.1) is 5.92 Å². The number of likely N-dealkylation sites (N-methyl/N-ethyl adjacent to an activating group) is 1. The predicted octanol–water partition coefficient (Wildman–Crippen LogP) is 4.98. The molecule has 10 heteroatoms. The fourth-order valence-electron chi connectivity index (χ4n) is 8.10. The second-order valence-corrected chi connectivity index (χ2v) is 12.8. The minimum absolute atomic E-state index is 0.120. The Hall–Kier alpha value is -3.37. The van der Waals surface area contributed by atoms with Crippen LogP contribution in [-0.4, -0.2) is 70.7 Å². The highest BCUT2D eigenvalue weighted by molar-refractivity contribution is 5.92. The maximum absolute atomic E-state index is 13.9. The van der Waals surface area contributed by atoms with E-state index in [0.717, 1.165) is 29.8 Å². The third-order valence-corrected chi connectivity index (χ3v) is 9.84. The van der Waals surface area contributed by atoms with Crippen molar-refractivity contribution >= 4 is 18.0 Å². The van der Waals surface area contributed by atoms with Gasteiger partial charge in [0.1, 0.15) is 6.10 Å². The number of esters is 1. The predicted molar refractivity (Wildman–Crippen MR) is 154 cm³/mol. The molecule has 1 spiro atoms. The van der Waals surface area contributed by atoms with Crippen LogP contribution < -0.4 is 9.47 Å². The molecule has 230 valence electrons. The number of nitrogens with zero attached hydrogens (tertiary/aromatic N) is 2. The van der Waals surface area contributed by atoms with E-state index in [1.54, 1.807) is 11.0 Å². The Balaban J connectivity index is 1.39. The SMILES string of the molecule is CC(=O)Oc1ccc2c3c1OC1C(N(CC(C)C)C(=O)/C=C/c4ccc(C(F)(F)F)cc4)CC[C@@]4(O)[C@@H](C2)N(C)CC[C@]314. The Kier molecular flexibility index (Phi) is 7.16. The Labute approximate surface area is 249 Å². The number of aliphatic hydroxyl groups is 1. The smallest absolute Gasteiger partial charge is 0.416 e. The van der Waals surface area contributed by atoms with Gasteiger partial charge in [0, 0.05) is 31.1 Å². The summed E-state index contributed by atoms with van der Waals surface area (Å²) in [5.74, 6) is 0.164. The van der Waals surface area contributed by atoms with Gasteiger partial charge in [0.25, 0.3) is 0 Å². The van der Waals surface area contributed by atoms with Gasteiger partial charge in [-0.1, -0.05) is 32.0 Å². The lowest BCUT2D eigenvalue weighted by Gasteiger charge is -2.64. The molecule has 2 aliphatic carbocycles. The van der Waals surface area contributed by atoms with Gasteiger partial charge in [-0.15, -0.1) is 0 Å². The highest BCUT2D eigenvalue weighted by Crippen LogP contribution is 2.65. The van der Waals surface area contributed by atoms with Crippen LogP contribution in [0.25, 0.3) is 6.08 Å². The van der Waals surface area contributed by atoms with E-state index in [0.29, 0.717) is 49.3 Å². The van der Waals surface area contributed by atoms with Crippen molar-refractivity contribution in [2.24, 2.45) is 5.92 Å². The van der Waals surface area contributed by atoms with Crippen LogP contribution in [0.4, 0.5) is 13.2 Å². The molecule has 4 aliphatic rings. The summed E-state index contributed by atoms with van der Waals surface area (Å²) in [7, 11) is 2.03. The van der Waals surface area contributed by atoms with Crippen LogP contribution in [0.1, 0.15) is 62.3 Å². The number of halogens is 3. The first kappa shape index (κ1) is 29.7. The van der Waals surface area contributed by atoms with E-state index in [4.69, 9.17) is 9.47 Å². The average Bonchev–Trinajstić information content (AvgIpc) is 3.29. The quantitative estimate of drug-likeness (QED) is 0.287. The van der Waals surface area contributed by atoms with Crippen molar-refractivity contribution in [3.8, 4) is 11.5 Å². The molecule has 5 atom stereocenters. The maximum atomic E-state index is 13.9. The maximum Gasteiger partial charge on any atom is 0.416 e. The topological polar surface area (TPSA) is 79.3 Å². The van der Waals surface area contributed by atoms with Crippen molar-refractivity contribution in [1.29, 1.82) is 0 Å². The zero-order valence-corrected chi connectivity index (χ0v) is 24.8. The summed E-state index contributed by atoms with van der Waals surface area (Å²) in [6, 6.07) is 7.88. The van der Waals surface area contributed by atoms with Crippen LogP contribution in [-0.2, 0) is 27.6 Å². The Bertz CT molecular complexity index is 1470. The highest BCUT2D eigenvalue weighted by Gasteiger charge is 2.73. The van der Waals surface area contributed by atoms with Gasteiger partial charge < -0.3 is 24.4 Å². The van der Waals surface area contributed by atoms with Crippen LogP contribution in [0.5, 0.6) is 11.5 Å². The van der Waals surface area contributed by atoms with Gasteiger partial charge in [0.2, 0.25) is 5.91 Å². The minimum Gasteiger partial charge on any atom is -0.483 e. The molecule has 2 aliphatic heterocycles. The van der Waals surface area contributed by atoms with E-state index >= 15 is 0 Å². The van der Waals surface area contributed by atoms with Gasteiger partial charge in [0.05, 0.1) is 22.6 Å². The van der Waals surface area contributed by atoms with E-state index in [2.05, 4.69) is 4.90 Å². The summed E-state index contributed by atoms with van der Waals surface area (Å²) in [6.07, 6.45) is 0.152. The molecule has 2 fully saturated rings. The van der Waals surface area contributed by atoms with Gasteiger partial charge >= 0.3 is 12.1 Å². The standard InChI is InChI=1S/C33H37F3N2O5/c1-19(2)18-38(27(40)12-7-21-5-9-23(10-6-21)33(34,35)36)24-13-14-32(41)26-17-22-8-11-25(42-20(3)39)29-28(22)31(32,30(24)43-29)15-16-37(26)4/h5-12,19,24,26,30,41H,13-18H2,1-4H3/b12-7+/t24?,26-,30?,31+,32-/m1/s1. The van der Waals surface area contributed by atoms with Gasteiger partial charge in [-0.25, -0.2) is 0 Å². The first-order valence-electron chi connectivity index (χ1n) is 14.9. The monoisotopic (exact) mass is 598 g/mol. The van der Waals surface area contributed by atoms with Gasteiger partial charge in [-0.2, -0.15) is 13.2 Å². The molecule has 7 nitrogen and oxygen atoms in total. The van der Waals surface area contributed by atoms with Gasteiger partial charge in [-0.3, -0.25) is 9.59 Å². The zero-order chi connectivity index (χ0) is 30.9. The summed E-state index contributed by atoms with van der Waals surface area (Å²) in [5.41, 5.74) is -0.214. The largest absolute Gasteiger partial charge is 0.483 e. The molecule has 6 rings (SSSR count). The number of alkyl halides is 3. The van der Waals surface area contributed by atoms with E-state index in [1.165, 1.54) is 31.2 Å². The normalized spacial score (nSPS) is 29.4. The minimum atomic E-state index is -4.44. The number of carbonyl (C=O) groups excluding carboxylic acids is 2. The van der Waals surface area contributed by atoms with Crippen molar-refractivity contribution < 1.29 is 37.3 Å². The molecule has 1 saturated heterocycles. The highest BCUT2D eigenvalue weighted by atomic mass is 19.4. The molecule has 43 heavy (non-hydrogen) atoms. The zero-order valence-electron chi connectivity index (χ0n) is 24.8. The molecule has 2 unspecified atom stereocenters. The molecule has 2 heterocycles. The van der Waals surface area contributed by atoms with Crippen molar-refractivity contribution in [3.05, 3.63) is 64.7 Å². The molecule has 1 N–H and O–H groups in total. The molecular weight excluding hydrogens is 561 g/mol. The Morgan fingerprint density at radius 3 is 2.56 bits per heavy atom. The number of ether oxygens (including phenoxy) is 2. The molecule has 2 aromatic rings. The Morgan fingerprint density at radius 2 is 1.91 bits per heavy atom. The van der Waals surface area contributed by atoms with Gasteiger partial charge in [0.15, 0.2) is 11.5 Å². The molecule has 1 saturated carbocycles. The van der Waals surface area contributed by atoms with Crippen molar-refractivity contribution in [2.75, 3.05) is 20.1 Å². The summed E-state index contributed by atoms with van der Waals surface area (Å²) in [6.45, 7) is 6.54. The Morgan fingerprint density at radius 1 is 1.19 bits per heavy atom. The fraction of sp³-hybridized carbons (Fsp3) is 0.515. The summed E-state index contributed by atoms with van der Waals surface area (Å²) in [5, 5.41) is 12.6. The van der Waals surface area contributed by atoms with E-state index < -0.39 is 34.8 Å². The summed E-state index contributed by atoms with van der Waals surface area (Å²) < 4.78 is 51.4. The number of likely N-dealkylation sites (tertiary alicyclic amines) is 1. The molecule has 2 aromatic carbocycles. The summed E-state index contributed by atoms with van der Waals surface area (Å²) in [4.78, 5) is 29.9. The molecular formula is C33H37F3N2O5.